The fourth-order valence-corrected chi connectivity index (χ4v) is 4.93. The molecule has 1 aromatic carbocycles. The van der Waals surface area contributed by atoms with E-state index in [4.69, 9.17) is 5.26 Å². The van der Waals surface area contributed by atoms with Gasteiger partial charge in [-0.3, -0.25) is 0 Å². The number of benzene rings is 1. The van der Waals surface area contributed by atoms with E-state index in [-0.39, 0.29) is 5.56 Å². The van der Waals surface area contributed by atoms with E-state index in [1.54, 1.807) is 0 Å². The van der Waals surface area contributed by atoms with Crippen molar-refractivity contribution in [1.29, 1.82) is 5.26 Å². The Bertz CT molecular complexity index is 534. The Hall–Kier alpha value is -1.12. The van der Waals surface area contributed by atoms with Crippen molar-refractivity contribution < 1.29 is 13.9 Å². The number of aliphatic hydroxyl groups is 1. The maximum atomic E-state index is 13.7. The summed E-state index contributed by atoms with van der Waals surface area (Å²) < 4.78 is 27.3. The molecule has 2 nitrogen and oxygen atoms in total. The number of halogens is 2. The smallest absolute Gasteiger partial charge is 0.144 e. The van der Waals surface area contributed by atoms with Crippen LogP contribution in [0.5, 0.6) is 0 Å². The molecule has 2 aliphatic heterocycles. The molecule has 0 radical (unpaired) electrons. The highest BCUT2D eigenvalue weighted by Gasteiger charge is 2.44. The van der Waals surface area contributed by atoms with Crippen LogP contribution in [0, 0.1) is 23.0 Å². The number of nitriles is 1. The molecule has 1 aromatic rings. The summed E-state index contributed by atoms with van der Waals surface area (Å²) in [5, 5.41) is 20.1. The first-order valence-corrected chi connectivity index (χ1v) is 7.23. The summed E-state index contributed by atoms with van der Waals surface area (Å²) >= 11 is 1.87. The summed E-state index contributed by atoms with van der Waals surface area (Å²) in [7, 11) is 0. The molecule has 0 amide bonds. The number of nitrogens with zero attached hydrogens (tertiary/aromatic N) is 1. The first-order chi connectivity index (χ1) is 9.01. The molecule has 100 valence electrons. The van der Waals surface area contributed by atoms with E-state index in [9.17, 15) is 13.9 Å². The lowest BCUT2D eigenvalue weighted by atomic mass is 9.85. The van der Waals surface area contributed by atoms with E-state index in [0.717, 1.165) is 25.0 Å². The second-order valence-electron chi connectivity index (χ2n) is 5.32. The van der Waals surface area contributed by atoms with Crippen LogP contribution in [0.1, 0.15) is 36.8 Å². The highest BCUT2D eigenvalue weighted by Crippen LogP contribution is 2.51. The average Bonchev–Trinajstić information content (AvgIpc) is 2.69. The summed E-state index contributed by atoms with van der Waals surface area (Å²) in [6.45, 7) is 0. The van der Waals surface area contributed by atoms with E-state index >= 15 is 0 Å². The summed E-state index contributed by atoms with van der Waals surface area (Å²) in [5.74, 6) is -1.78. The Morgan fingerprint density at radius 3 is 2.21 bits per heavy atom. The summed E-state index contributed by atoms with van der Waals surface area (Å²) in [4.78, 5) is 0. The highest BCUT2D eigenvalue weighted by molar-refractivity contribution is 8.00. The molecule has 0 spiro atoms. The van der Waals surface area contributed by atoms with Gasteiger partial charge in [-0.1, -0.05) is 0 Å². The molecule has 2 fully saturated rings. The second kappa shape index (κ2) is 4.46. The zero-order valence-corrected chi connectivity index (χ0v) is 11.0. The molecule has 5 heteroatoms. The maximum absolute atomic E-state index is 13.7. The number of hydrogen-bond acceptors (Lipinski definition) is 3. The average molecular weight is 281 g/mol. The maximum Gasteiger partial charge on any atom is 0.144 e. The number of fused-ring (bicyclic) bond motifs is 2. The largest absolute Gasteiger partial charge is 0.385 e. The molecule has 2 atom stereocenters. The lowest BCUT2D eigenvalue weighted by molar-refractivity contribution is 0.0190. The number of rotatable bonds is 1. The molecular weight excluding hydrogens is 268 g/mol. The zero-order chi connectivity index (χ0) is 13.6. The van der Waals surface area contributed by atoms with Crippen molar-refractivity contribution in [2.24, 2.45) is 0 Å². The van der Waals surface area contributed by atoms with Crippen molar-refractivity contribution in [3.63, 3.8) is 0 Å². The van der Waals surface area contributed by atoms with Gasteiger partial charge in [-0.15, -0.1) is 0 Å². The van der Waals surface area contributed by atoms with Gasteiger partial charge in [-0.05, 0) is 43.4 Å². The van der Waals surface area contributed by atoms with Crippen LogP contribution in [-0.4, -0.2) is 15.6 Å². The van der Waals surface area contributed by atoms with Crippen LogP contribution in [0.2, 0.25) is 0 Å². The normalized spacial score (nSPS) is 33.2. The topological polar surface area (TPSA) is 44.0 Å². The Labute approximate surface area is 114 Å². The van der Waals surface area contributed by atoms with E-state index in [2.05, 4.69) is 0 Å². The minimum absolute atomic E-state index is 0.263. The molecule has 0 aliphatic carbocycles. The van der Waals surface area contributed by atoms with Crippen molar-refractivity contribution in [2.75, 3.05) is 0 Å². The predicted octanol–water partition coefficient (Wildman–Crippen LogP) is 3.08. The van der Waals surface area contributed by atoms with Crippen LogP contribution >= 0.6 is 11.8 Å². The summed E-state index contributed by atoms with van der Waals surface area (Å²) in [6, 6.07) is 3.72. The van der Waals surface area contributed by atoms with Gasteiger partial charge in [-0.2, -0.15) is 17.0 Å². The monoisotopic (exact) mass is 281 g/mol. The van der Waals surface area contributed by atoms with Crippen LogP contribution in [0.3, 0.4) is 0 Å². The third kappa shape index (κ3) is 2.13. The molecule has 3 rings (SSSR count). The zero-order valence-electron chi connectivity index (χ0n) is 10.2. The third-order valence-corrected chi connectivity index (χ3v) is 5.59. The Balaban J connectivity index is 2.00. The summed E-state index contributed by atoms with van der Waals surface area (Å²) in [6.07, 6.45) is 3.16. The van der Waals surface area contributed by atoms with E-state index < -0.39 is 22.8 Å². The molecule has 2 bridgehead atoms. The van der Waals surface area contributed by atoms with Gasteiger partial charge >= 0.3 is 0 Å². The van der Waals surface area contributed by atoms with Crippen LogP contribution in [0.4, 0.5) is 8.78 Å². The van der Waals surface area contributed by atoms with Gasteiger partial charge in [0.15, 0.2) is 0 Å². The Kier molecular flexibility index (Phi) is 3.03. The van der Waals surface area contributed by atoms with E-state index in [1.807, 2.05) is 11.8 Å². The van der Waals surface area contributed by atoms with Gasteiger partial charge in [0.1, 0.15) is 23.3 Å². The van der Waals surface area contributed by atoms with Gasteiger partial charge in [0.25, 0.3) is 0 Å². The Morgan fingerprint density at radius 1 is 1.21 bits per heavy atom. The lowest BCUT2D eigenvalue weighted by Crippen LogP contribution is -2.35. The highest BCUT2D eigenvalue weighted by atomic mass is 32.2. The SMILES string of the molecule is N#Cc1c(F)cc(C2(O)CC3CCC(C2)S3)cc1F. The number of thioether (sulfide) groups is 1. The molecule has 2 saturated heterocycles. The standard InChI is InChI=1S/C14H13F2NOS/c15-12-3-8(4-13(16)11(12)7-17)14(18)5-9-1-2-10(6-14)19-9/h3-4,9-10,18H,1-2,5-6H2. The minimum atomic E-state index is -1.16. The molecule has 0 saturated carbocycles. The molecular formula is C14H13F2NOS. The molecule has 0 aromatic heterocycles. The number of hydrogen-bond donors (Lipinski definition) is 1. The van der Waals surface area contributed by atoms with Crippen molar-refractivity contribution in [3.8, 4) is 6.07 Å². The van der Waals surface area contributed by atoms with Gasteiger partial charge in [0.05, 0.1) is 5.60 Å². The predicted molar refractivity (Wildman–Crippen MR) is 68.6 cm³/mol. The Morgan fingerprint density at radius 2 is 1.74 bits per heavy atom. The van der Waals surface area contributed by atoms with Gasteiger partial charge in [0, 0.05) is 10.5 Å². The van der Waals surface area contributed by atoms with Crippen LogP contribution in [0.15, 0.2) is 12.1 Å². The van der Waals surface area contributed by atoms with Crippen LogP contribution in [-0.2, 0) is 5.60 Å². The lowest BCUT2D eigenvalue weighted by Gasteiger charge is -2.36. The van der Waals surface area contributed by atoms with Gasteiger partial charge in [-0.25, -0.2) is 8.78 Å². The molecule has 1 N–H and O–H groups in total. The van der Waals surface area contributed by atoms with E-state index in [0.29, 0.717) is 23.3 Å². The van der Waals surface area contributed by atoms with Gasteiger partial charge < -0.3 is 5.11 Å². The third-order valence-electron chi connectivity index (χ3n) is 4.02. The van der Waals surface area contributed by atoms with Crippen LogP contribution in [0.25, 0.3) is 0 Å². The van der Waals surface area contributed by atoms with Crippen molar-refractivity contribution in [2.45, 2.75) is 41.8 Å². The fourth-order valence-electron chi connectivity index (χ4n) is 3.10. The quantitative estimate of drug-likeness (QED) is 0.860. The van der Waals surface area contributed by atoms with Crippen molar-refractivity contribution >= 4 is 11.8 Å². The van der Waals surface area contributed by atoms with Crippen molar-refractivity contribution in [3.05, 3.63) is 34.9 Å². The van der Waals surface area contributed by atoms with Crippen molar-refractivity contribution in [1.82, 2.24) is 0 Å². The minimum Gasteiger partial charge on any atom is -0.385 e. The van der Waals surface area contributed by atoms with Gasteiger partial charge in [0.2, 0.25) is 0 Å². The summed E-state index contributed by atoms with van der Waals surface area (Å²) in [5.41, 5.74) is -1.48. The first kappa shape index (κ1) is 12.9. The molecule has 2 unspecified atom stereocenters. The van der Waals surface area contributed by atoms with E-state index in [1.165, 1.54) is 6.07 Å². The molecule has 2 heterocycles. The molecule has 19 heavy (non-hydrogen) atoms. The second-order valence-corrected chi connectivity index (χ2v) is 6.93. The van der Waals surface area contributed by atoms with Crippen LogP contribution < -0.4 is 0 Å². The fraction of sp³-hybridized carbons (Fsp3) is 0.500. The first-order valence-electron chi connectivity index (χ1n) is 6.29. The molecule has 2 aliphatic rings.